The highest BCUT2D eigenvalue weighted by Gasteiger charge is 2.42. The van der Waals surface area contributed by atoms with Crippen molar-refractivity contribution in [3.8, 4) is 0 Å². The monoisotopic (exact) mass is 168 g/mol. The van der Waals surface area contributed by atoms with Gasteiger partial charge in [-0.3, -0.25) is 0 Å². The molecule has 0 unspecified atom stereocenters. The molecule has 0 radical (unpaired) electrons. The summed E-state index contributed by atoms with van der Waals surface area (Å²) in [5.41, 5.74) is -0.222. The van der Waals surface area contributed by atoms with Gasteiger partial charge in [0.25, 0.3) is 0 Å². The fourth-order valence-electron chi connectivity index (χ4n) is 2.74. The summed E-state index contributed by atoms with van der Waals surface area (Å²) in [5.74, 6) is 1.55. The number of aliphatic hydroxyl groups is 1. The van der Waals surface area contributed by atoms with Gasteiger partial charge in [-0.15, -0.1) is 0 Å². The van der Waals surface area contributed by atoms with E-state index in [0.717, 1.165) is 18.8 Å². The van der Waals surface area contributed by atoms with E-state index < -0.39 is 0 Å². The summed E-state index contributed by atoms with van der Waals surface area (Å²) >= 11 is 0. The summed E-state index contributed by atoms with van der Waals surface area (Å²) in [6.07, 6.45) is 8.63. The lowest BCUT2D eigenvalue weighted by Gasteiger charge is -2.45. The summed E-state index contributed by atoms with van der Waals surface area (Å²) in [6, 6.07) is 0. The second kappa shape index (κ2) is 3.02. The quantitative estimate of drug-likeness (QED) is 0.638. The Kier molecular flexibility index (Phi) is 2.16. The molecule has 0 atom stereocenters. The molecule has 0 aromatic rings. The van der Waals surface area contributed by atoms with Gasteiger partial charge in [0.05, 0.1) is 5.60 Å². The third-order valence-electron chi connectivity index (χ3n) is 4.00. The lowest BCUT2D eigenvalue weighted by atomic mass is 9.65. The van der Waals surface area contributed by atoms with Crippen molar-refractivity contribution >= 4 is 0 Å². The summed E-state index contributed by atoms with van der Waals surface area (Å²) < 4.78 is 0. The van der Waals surface area contributed by atoms with Crippen LogP contribution in [0.5, 0.6) is 0 Å². The molecule has 0 saturated heterocycles. The first-order chi connectivity index (χ1) is 5.71. The van der Waals surface area contributed by atoms with Gasteiger partial charge < -0.3 is 5.11 Å². The molecule has 1 nitrogen and oxygen atoms in total. The molecule has 0 amide bonds. The predicted octanol–water partition coefficient (Wildman–Crippen LogP) is 2.73. The summed E-state index contributed by atoms with van der Waals surface area (Å²) in [4.78, 5) is 0. The van der Waals surface area contributed by atoms with Crippen LogP contribution in [0.15, 0.2) is 0 Å². The zero-order chi connectivity index (χ0) is 8.60. The highest BCUT2D eigenvalue weighted by molar-refractivity contribution is 4.95. The van der Waals surface area contributed by atoms with Crippen LogP contribution in [0.4, 0.5) is 0 Å². The third kappa shape index (κ3) is 1.39. The van der Waals surface area contributed by atoms with E-state index in [4.69, 9.17) is 0 Å². The fraction of sp³-hybridized carbons (Fsp3) is 1.00. The molecule has 2 aliphatic rings. The van der Waals surface area contributed by atoms with Crippen molar-refractivity contribution < 1.29 is 5.11 Å². The van der Waals surface area contributed by atoms with Crippen molar-refractivity contribution in [1.29, 1.82) is 0 Å². The van der Waals surface area contributed by atoms with Gasteiger partial charge in [0.15, 0.2) is 0 Å². The minimum atomic E-state index is -0.222. The molecular weight excluding hydrogens is 148 g/mol. The van der Waals surface area contributed by atoms with E-state index in [1.54, 1.807) is 0 Å². The molecule has 0 aliphatic heterocycles. The van der Waals surface area contributed by atoms with E-state index in [9.17, 15) is 5.11 Å². The average Bonchev–Trinajstić information content (AvgIpc) is 2.02. The van der Waals surface area contributed by atoms with E-state index in [1.807, 2.05) is 0 Å². The van der Waals surface area contributed by atoms with Gasteiger partial charge in [0, 0.05) is 0 Å². The molecule has 1 N–H and O–H groups in total. The Balaban J connectivity index is 1.88. The lowest BCUT2D eigenvalue weighted by molar-refractivity contribution is -0.0967. The van der Waals surface area contributed by atoms with E-state index in [1.165, 1.54) is 32.1 Å². The molecular formula is C11H20O. The van der Waals surface area contributed by atoms with Crippen molar-refractivity contribution in [3.05, 3.63) is 0 Å². The van der Waals surface area contributed by atoms with Crippen LogP contribution in [-0.4, -0.2) is 10.7 Å². The number of hydrogen-bond acceptors (Lipinski definition) is 1. The van der Waals surface area contributed by atoms with Crippen molar-refractivity contribution in [1.82, 2.24) is 0 Å². The molecule has 12 heavy (non-hydrogen) atoms. The zero-order valence-corrected chi connectivity index (χ0v) is 8.05. The van der Waals surface area contributed by atoms with Gasteiger partial charge in [-0.2, -0.15) is 0 Å². The first-order valence-electron chi connectivity index (χ1n) is 5.43. The molecule has 0 aromatic carbocycles. The number of rotatable bonds is 1. The molecule has 2 fully saturated rings. The maximum atomic E-state index is 10.1. The van der Waals surface area contributed by atoms with Crippen LogP contribution in [0.2, 0.25) is 0 Å². The normalized spacial score (nSPS) is 40.5. The van der Waals surface area contributed by atoms with Crippen molar-refractivity contribution in [2.24, 2.45) is 11.8 Å². The van der Waals surface area contributed by atoms with E-state index in [-0.39, 0.29) is 5.60 Å². The lowest BCUT2D eigenvalue weighted by Crippen LogP contribution is -2.45. The summed E-state index contributed by atoms with van der Waals surface area (Å²) in [6.45, 7) is 2.33. The Morgan fingerprint density at radius 1 is 1.08 bits per heavy atom. The second-order valence-corrected chi connectivity index (χ2v) is 4.91. The highest BCUT2D eigenvalue weighted by Crippen LogP contribution is 2.45. The molecule has 0 bridgehead atoms. The first kappa shape index (κ1) is 8.55. The Morgan fingerprint density at radius 3 is 2.08 bits per heavy atom. The molecule has 1 heteroatoms. The zero-order valence-electron chi connectivity index (χ0n) is 8.05. The fourth-order valence-corrected chi connectivity index (χ4v) is 2.74. The van der Waals surface area contributed by atoms with Crippen molar-refractivity contribution in [2.75, 3.05) is 0 Å². The van der Waals surface area contributed by atoms with Crippen LogP contribution >= 0.6 is 0 Å². The third-order valence-corrected chi connectivity index (χ3v) is 4.00. The summed E-state index contributed by atoms with van der Waals surface area (Å²) in [7, 11) is 0. The van der Waals surface area contributed by atoms with Gasteiger partial charge in [0.2, 0.25) is 0 Å². The molecule has 2 rings (SSSR count). The Bertz CT molecular complexity index is 152. The first-order valence-corrected chi connectivity index (χ1v) is 5.43. The summed E-state index contributed by atoms with van der Waals surface area (Å²) in [5, 5.41) is 10.1. The van der Waals surface area contributed by atoms with Crippen LogP contribution in [-0.2, 0) is 0 Å². The maximum Gasteiger partial charge on any atom is 0.0675 e. The van der Waals surface area contributed by atoms with Gasteiger partial charge in [-0.25, -0.2) is 0 Å². The predicted molar refractivity (Wildman–Crippen MR) is 49.9 cm³/mol. The highest BCUT2D eigenvalue weighted by atomic mass is 16.3. The topological polar surface area (TPSA) is 20.2 Å². The average molecular weight is 168 g/mol. The Hall–Kier alpha value is -0.0400. The van der Waals surface area contributed by atoms with Gasteiger partial charge in [-0.1, -0.05) is 19.8 Å². The number of hydrogen-bond donors (Lipinski definition) is 1. The maximum absolute atomic E-state index is 10.1. The second-order valence-electron chi connectivity index (χ2n) is 4.91. The molecule has 2 saturated carbocycles. The van der Waals surface area contributed by atoms with E-state index >= 15 is 0 Å². The SMILES string of the molecule is CC1CCC(C2(O)CCC2)CC1. The molecule has 0 aromatic heterocycles. The standard InChI is InChI=1S/C11H20O/c1-9-3-5-10(6-4-9)11(12)7-2-8-11/h9-10,12H,2-8H2,1H3. The van der Waals surface area contributed by atoms with Crippen LogP contribution in [0, 0.1) is 11.8 Å². The van der Waals surface area contributed by atoms with Gasteiger partial charge >= 0.3 is 0 Å². The van der Waals surface area contributed by atoms with E-state index in [0.29, 0.717) is 5.92 Å². The van der Waals surface area contributed by atoms with E-state index in [2.05, 4.69) is 6.92 Å². The molecule has 0 spiro atoms. The Morgan fingerprint density at radius 2 is 1.67 bits per heavy atom. The van der Waals surface area contributed by atoms with Gasteiger partial charge in [0.1, 0.15) is 0 Å². The van der Waals surface area contributed by atoms with Crippen LogP contribution in [0.25, 0.3) is 0 Å². The largest absolute Gasteiger partial charge is 0.390 e. The minimum Gasteiger partial charge on any atom is -0.390 e. The van der Waals surface area contributed by atoms with Crippen molar-refractivity contribution in [3.63, 3.8) is 0 Å². The molecule has 2 aliphatic carbocycles. The van der Waals surface area contributed by atoms with Crippen LogP contribution in [0.1, 0.15) is 51.9 Å². The smallest absolute Gasteiger partial charge is 0.0675 e. The minimum absolute atomic E-state index is 0.222. The Labute approximate surface area is 75.2 Å². The van der Waals surface area contributed by atoms with Crippen LogP contribution < -0.4 is 0 Å². The van der Waals surface area contributed by atoms with Crippen LogP contribution in [0.3, 0.4) is 0 Å². The van der Waals surface area contributed by atoms with Crippen molar-refractivity contribution in [2.45, 2.75) is 57.5 Å². The van der Waals surface area contributed by atoms with Gasteiger partial charge in [-0.05, 0) is 43.9 Å². The molecule has 0 heterocycles. The molecule has 70 valence electrons.